The topological polar surface area (TPSA) is 30.7 Å². The number of aryl methyl sites for hydroxylation is 2. The number of thiophene rings is 1. The predicted molar refractivity (Wildman–Crippen MR) is 217 cm³/mol. The molecule has 1 radical (unpaired) electrons. The number of para-hydroxylation sites is 1. The predicted octanol–water partition coefficient (Wildman–Crippen LogP) is 11.7. The third-order valence-electron chi connectivity index (χ3n) is 9.36. The van der Waals surface area contributed by atoms with Gasteiger partial charge in [0.25, 0.3) is 0 Å². The number of hydrogen-bond acceptors (Lipinski definition) is 3. The Bertz CT molecular complexity index is 2630. The number of imidazole rings is 1. The molecule has 0 atom stereocenters. The van der Waals surface area contributed by atoms with E-state index in [9.17, 15) is 0 Å². The van der Waals surface area contributed by atoms with E-state index in [1.54, 1.807) is 0 Å². The average molecular weight is 872 g/mol. The summed E-state index contributed by atoms with van der Waals surface area (Å²) in [4.78, 5) is 9.77. The molecule has 6 heteroatoms. The standard InChI is InChI=1S/C31H21N2S.C14H16NSi.Ir/c1-19-9-7-10-20(2)29(19)33-27-18-22-12-4-3-11-21(22)17-26(27)32-31(33)25-15-8-14-24-23-13-5-6-16-28(23)34-30(24)25;1-16(2,3)13-9-10-14(15-11-13)12-7-5-4-6-8-12;/h3-14,16-18H,1-2H3;4-7,9-11H,1-3H3;/q2*-1;. The third kappa shape index (κ3) is 6.61. The number of aromatic nitrogens is 3. The van der Waals surface area contributed by atoms with Crippen LogP contribution in [0.5, 0.6) is 0 Å². The van der Waals surface area contributed by atoms with Crippen molar-refractivity contribution in [1.82, 2.24) is 14.5 Å². The summed E-state index contributed by atoms with van der Waals surface area (Å²) in [5.41, 5.74) is 8.91. The summed E-state index contributed by atoms with van der Waals surface area (Å²) in [5.74, 6) is 0.944. The van der Waals surface area contributed by atoms with Gasteiger partial charge in [0.2, 0.25) is 0 Å². The summed E-state index contributed by atoms with van der Waals surface area (Å²) in [6.45, 7) is 11.4. The molecule has 6 aromatic carbocycles. The van der Waals surface area contributed by atoms with Crippen molar-refractivity contribution in [3.8, 4) is 28.3 Å². The summed E-state index contributed by atoms with van der Waals surface area (Å²) in [6.07, 6.45) is 2.02. The van der Waals surface area contributed by atoms with E-state index in [1.807, 2.05) is 47.9 Å². The van der Waals surface area contributed by atoms with Crippen LogP contribution in [0.2, 0.25) is 19.6 Å². The van der Waals surface area contributed by atoms with Gasteiger partial charge in [0.15, 0.2) is 0 Å². The zero-order valence-electron chi connectivity index (χ0n) is 29.3. The van der Waals surface area contributed by atoms with Crippen LogP contribution in [0.4, 0.5) is 0 Å². The molecule has 0 aliphatic heterocycles. The van der Waals surface area contributed by atoms with Crippen LogP contribution in [0.25, 0.3) is 70.3 Å². The average Bonchev–Trinajstić information content (AvgIpc) is 3.69. The summed E-state index contributed by atoms with van der Waals surface area (Å²) in [7, 11) is -1.23. The Balaban J connectivity index is 0.000000202. The molecular weight excluding hydrogens is 835 g/mol. The first-order valence-electron chi connectivity index (χ1n) is 17.0. The summed E-state index contributed by atoms with van der Waals surface area (Å²) in [6, 6.07) is 51.4. The summed E-state index contributed by atoms with van der Waals surface area (Å²) < 4.78 is 4.87. The van der Waals surface area contributed by atoms with Crippen LogP contribution in [0.1, 0.15) is 11.1 Å². The molecule has 9 rings (SSSR count). The van der Waals surface area contributed by atoms with Crippen LogP contribution in [0.15, 0.2) is 134 Å². The molecule has 0 saturated carbocycles. The van der Waals surface area contributed by atoms with Crippen LogP contribution in [0.3, 0.4) is 0 Å². The van der Waals surface area contributed by atoms with Gasteiger partial charge in [-0.15, -0.1) is 54.1 Å². The van der Waals surface area contributed by atoms with Gasteiger partial charge in [-0.2, -0.15) is 11.3 Å². The van der Waals surface area contributed by atoms with Crippen LogP contribution >= 0.6 is 11.3 Å². The fourth-order valence-corrected chi connectivity index (χ4v) is 8.95. The molecule has 0 unspecified atom stereocenters. The molecule has 253 valence electrons. The number of fused-ring (bicyclic) bond motifs is 5. The Morgan fingerprint density at radius 3 is 2.12 bits per heavy atom. The minimum Gasteiger partial charge on any atom is -0.333 e. The second-order valence-corrected chi connectivity index (χ2v) is 20.0. The fraction of sp³-hybridized carbons (Fsp3) is 0.111. The van der Waals surface area contributed by atoms with Gasteiger partial charge in [-0.3, -0.25) is 4.98 Å². The smallest absolute Gasteiger partial charge is 0.0795 e. The molecule has 0 spiro atoms. The van der Waals surface area contributed by atoms with Crippen molar-refractivity contribution in [2.24, 2.45) is 0 Å². The van der Waals surface area contributed by atoms with E-state index in [-0.39, 0.29) is 20.1 Å². The number of nitrogens with zero attached hydrogens (tertiary/aromatic N) is 3. The van der Waals surface area contributed by atoms with E-state index >= 15 is 0 Å². The SMILES string of the molecule is C[Si](C)(C)c1ccc(-c2[c-]cccc2)nc1.Cc1cccc(C)c1-n1c(-c2[c-]ccc3c2sc2ccccc23)nc2cc3ccccc3cc21.[Ir]. The first kappa shape index (κ1) is 34.7. The van der Waals surface area contributed by atoms with Gasteiger partial charge in [0, 0.05) is 36.7 Å². The molecule has 0 aliphatic carbocycles. The Morgan fingerprint density at radius 2 is 1.41 bits per heavy atom. The van der Waals surface area contributed by atoms with Crippen molar-refractivity contribution in [3.05, 3.63) is 157 Å². The van der Waals surface area contributed by atoms with Crippen LogP contribution in [-0.4, -0.2) is 22.6 Å². The molecule has 0 N–H and O–H groups in total. The molecule has 0 saturated heterocycles. The quantitative estimate of drug-likeness (QED) is 0.130. The van der Waals surface area contributed by atoms with Crippen LogP contribution in [0, 0.1) is 26.0 Å². The van der Waals surface area contributed by atoms with Gasteiger partial charge >= 0.3 is 0 Å². The van der Waals surface area contributed by atoms with Crippen molar-refractivity contribution >= 4 is 66.6 Å². The van der Waals surface area contributed by atoms with Crippen molar-refractivity contribution in [3.63, 3.8) is 0 Å². The molecule has 51 heavy (non-hydrogen) atoms. The van der Waals surface area contributed by atoms with Gasteiger partial charge in [-0.1, -0.05) is 103 Å². The zero-order chi connectivity index (χ0) is 34.4. The molecule has 0 fully saturated rings. The zero-order valence-corrected chi connectivity index (χ0v) is 33.5. The van der Waals surface area contributed by atoms with E-state index < -0.39 is 8.07 Å². The summed E-state index contributed by atoms with van der Waals surface area (Å²) in [5, 5.41) is 6.37. The van der Waals surface area contributed by atoms with Crippen molar-refractivity contribution < 1.29 is 20.1 Å². The van der Waals surface area contributed by atoms with Crippen molar-refractivity contribution in [1.29, 1.82) is 0 Å². The first-order valence-corrected chi connectivity index (χ1v) is 21.3. The third-order valence-corrected chi connectivity index (χ3v) is 12.6. The Hall–Kier alpha value is -4.71. The van der Waals surface area contributed by atoms with Crippen LogP contribution in [-0.2, 0) is 20.1 Å². The fourth-order valence-electron chi connectivity index (χ4n) is 6.72. The van der Waals surface area contributed by atoms with E-state index in [4.69, 9.17) is 4.98 Å². The maximum absolute atomic E-state index is 5.25. The molecule has 0 bridgehead atoms. The normalized spacial score (nSPS) is 11.5. The van der Waals surface area contributed by atoms with E-state index in [2.05, 4.69) is 152 Å². The molecule has 0 aliphatic rings. The Kier molecular flexibility index (Phi) is 9.62. The number of pyridine rings is 1. The second-order valence-electron chi connectivity index (χ2n) is 13.9. The second kappa shape index (κ2) is 14.1. The largest absolute Gasteiger partial charge is 0.333 e. The Labute approximate surface area is 318 Å². The minimum atomic E-state index is -1.23. The molecule has 9 aromatic rings. The molecular formula is C45H37IrN3SSi-2. The van der Waals surface area contributed by atoms with Crippen molar-refractivity contribution in [2.75, 3.05) is 0 Å². The minimum absolute atomic E-state index is 0. The summed E-state index contributed by atoms with van der Waals surface area (Å²) >= 11 is 1.82. The first-order chi connectivity index (χ1) is 24.3. The van der Waals surface area contributed by atoms with E-state index in [0.717, 1.165) is 33.7 Å². The van der Waals surface area contributed by atoms with Gasteiger partial charge < -0.3 is 9.55 Å². The van der Waals surface area contributed by atoms with Gasteiger partial charge in [0.05, 0.1) is 24.9 Å². The van der Waals surface area contributed by atoms with Crippen LogP contribution < -0.4 is 5.19 Å². The van der Waals surface area contributed by atoms with Gasteiger partial charge in [-0.05, 0) is 74.9 Å². The Morgan fingerprint density at radius 1 is 0.686 bits per heavy atom. The van der Waals surface area contributed by atoms with Gasteiger partial charge in [-0.25, -0.2) is 0 Å². The van der Waals surface area contributed by atoms with E-state index in [1.165, 1.54) is 52.9 Å². The van der Waals surface area contributed by atoms with Gasteiger partial charge in [0.1, 0.15) is 0 Å². The molecule has 3 aromatic heterocycles. The maximum Gasteiger partial charge on any atom is 0.0795 e. The molecule has 3 nitrogen and oxygen atoms in total. The number of hydrogen-bond donors (Lipinski definition) is 0. The monoisotopic (exact) mass is 872 g/mol. The van der Waals surface area contributed by atoms with E-state index in [0.29, 0.717) is 0 Å². The number of benzene rings is 6. The maximum atomic E-state index is 5.25. The number of rotatable bonds is 4. The molecule has 0 amide bonds. The van der Waals surface area contributed by atoms with Crippen molar-refractivity contribution in [2.45, 2.75) is 33.5 Å². The molecule has 3 heterocycles.